The van der Waals surface area contributed by atoms with Crippen LogP contribution >= 0.6 is 7.26 Å². The molecule has 0 saturated heterocycles. The van der Waals surface area contributed by atoms with Crippen LogP contribution in [-0.2, 0) is 0 Å². The van der Waals surface area contributed by atoms with Crippen molar-refractivity contribution in [2.75, 3.05) is 37.8 Å². The molecule has 6 nitrogen and oxygen atoms in total. The van der Waals surface area contributed by atoms with Crippen LogP contribution in [-0.4, -0.2) is 53.7 Å². The van der Waals surface area contributed by atoms with Crippen molar-refractivity contribution in [2.45, 2.75) is 78.6 Å². The van der Waals surface area contributed by atoms with Gasteiger partial charge in [0.25, 0.3) is 0 Å². The summed E-state index contributed by atoms with van der Waals surface area (Å²) < 4.78 is 0. The monoisotopic (exact) mass is 468 g/mol. The molecule has 0 fully saturated rings. The van der Waals surface area contributed by atoms with E-state index in [0.29, 0.717) is 17.7 Å². The molecule has 1 amide bonds. The van der Waals surface area contributed by atoms with Crippen molar-refractivity contribution >= 4 is 18.9 Å². The number of carbonyl (C=O) groups excluding carboxylic acids is 1. The van der Waals surface area contributed by atoms with Gasteiger partial charge in [-0.25, -0.2) is 0 Å². The molecule has 1 rings (SSSR count). The van der Waals surface area contributed by atoms with E-state index in [2.05, 4.69) is 26.1 Å². The number of nitro groups is 1. The first-order chi connectivity index (χ1) is 15.3. The van der Waals surface area contributed by atoms with Crippen LogP contribution in [0.1, 0.15) is 94.5 Å². The fourth-order valence-corrected chi connectivity index (χ4v) is 10.3. The van der Waals surface area contributed by atoms with Crippen molar-refractivity contribution in [2.24, 2.45) is 0 Å². The number of rotatable bonds is 17. The number of nitro benzene ring substituents is 1. The zero-order chi connectivity index (χ0) is 24.0. The Bertz CT molecular complexity index is 689. The zero-order valence-electron chi connectivity index (χ0n) is 20.6. The summed E-state index contributed by atoms with van der Waals surface area (Å²) in [5.74, 6) is -0.612. The van der Waals surface area contributed by atoms with Gasteiger partial charge in [0.2, 0.25) is 0 Å². The van der Waals surface area contributed by atoms with Gasteiger partial charge in [-0.1, -0.05) is 0 Å². The predicted octanol–water partition coefficient (Wildman–Crippen LogP) is 5.96. The van der Waals surface area contributed by atoms with Gasteiger partial charge in [-0.3, -0.25) is 0 Å². The van der Waals surface area contributed by atoms with E-state index in [0.717, 1.165) is 6.42 Å². The van der Waals surface area contributed by atoms with Crippen LogP contribution in [0.2, 0.25) is 0 Å². The van der Waals surface area contributed by atoms with Crippen molar-refractivity contribution in [3.63, 3.8) is 0 Å². The number of carbonyl (C=O) groups is 1. The number of hydrogen-bond donors (Lipinski definition) is 2. The first-order valence-electron chi connectivity index (χ1n) is 12.5. The maximum absolute atomic E-state index is 12.6. The van der Waals surface area contributed by atoms with Gasteiger partial charge in [0.1, 0.15) is 0 Å². The molecule has 0 aromatic heterocycles. The third kappa shape index (κ3) is 9.15. The minimum absolute atomic E-state index is 0.107. The number of nitrogens with one attached hydrogen (secondary N) is 1. The summed E-state index contributed by atoms with van der Waals surface area (Å²) in [5, 5.41) is 23.8. The van der Waals surface area contributed by atoms with Crippen LogP contribution in [0.3, 0.4) is 0 Å². The normalized spacial score (nSPS) is 13.0. The van der Waals surface area contributed by atoms with Gasteiger partial charge in [0.15, 0.2) is 0 Å². The molecule has 1 aromatic carbocycles. The van der Waals surface area contributed by atoms with Crippen molar-refractivity contribution in [3.8, 4) is 0 Å². The van der Waals surface area contributed by atoms with Crippen LogP contribution in [0, 0.1) is 10.1 Å². The zero-order valence-corrected chi connectivity index (χ0v) is 21.6. The Morgan fingerprint density at radius 1 is 1.03 bits per heavy atom. The Balaban J connectivity index is 2.78. The maximum atomic E-state index is 12.6. The standard InChI is InChI=1S/C25H45N2O4P/c1-5-8-15-32(16-9-6-2,17-10-7-3)18-11-14-26-25(29)22-12-13-23(21(4)20-28)24(19-22)27(30)31/h12-13,19,21,28,32H,5-11,14-18,20H2,1-4H3,(H,26,29). The molecular weight excluding hydrogens is 423 g/mol. The van der Waals surface area contributed by atoms with E-state index in [9.17, 15) is 20.0 Å². The Morgan fingerprint density at radius 2 is 1.56 bits per heavy atom. The molecular formula is C25H45N2O4P. The molecule has 0 aliphatic heterocycles. The van der Waals surface area contributed by atoms with Gasteiger partial charge in [-0.05, 0) is 0 Å². The number of hydrogen-bond acceptors (Lipinski definition) is 4. The first-order valence-corrected chi connectivity index (χ1v) is 15.3. The summed E-state index contributed by atoms with van der Waals surface area (Å²) >= 11 is 0. The Kier molecular flexibility index (Phi) is 13.7. The van der Waals surface area contributed by atoms with Gasteiger partial charge in [0.05, 0.1) is 0 Å². The summed E-state index contributed by atoms with van der Waals surface area (Å²) in [4.78, 5) is 23.6. The number of benzene rings is 1. The van der Waals surface area contributed by atoms with Crippen molar-refractivity contribution in [1.82, 2.24) is 5.32 Å². The molecule has 0 saturated carbocycles. The quantitative estimate of drug-likeness (QED) is 0.128. The minimum atomic E-state index is -1.32. The van der Waals surface area contributed by atoms with Gasteiger partial charge in [-0.15, -0.1) is 0 Å². The molecule has 184 valence electrons. The third-order valence-corrected chi connectivity index (χ3v) is 12.3. The fourth-order valence-electron chi connectivity index (χ4n) is 4.53. The molecule has 0 spiro atoms. The summed E-state index contributed by atoms with van der Waals surface area (Å²) in [6, 6.07) is 4.54. The number of aliphatic hydroxyl groups excluding tert-OH is 1. The van der Waals surface area contributed by atoms with E-state index >= 15 is 0 Å². The Morgan fingerprint density at radius 3 is 2.03 bits per heavy atom. The molecule has 1 unspecified atom stereocenters. The van der Waals surface area contributed by atoms with Gasteiger partial charge in [-0.2, -0.15) is 0 Å². The average molecular weight is 469 g/mol. The topological polar surface area (TPSA) is 92.5 Å². The molecule has 0 aliphatic carbocycles. The van der Waals surface area contributed by atoms with Gasteiger partial charge >= 0.3 is 195 Å². The van der Waals surface area contributed by atoms with Crippen LogP contribution in [0.25, 0.3) is 0 Å². The Labute approximate surface area is 195 Å². The van der Waals surface area contributed by atoms with E-state index < -0.39 is 12.2 Å². The van der Waals surface area contributed by atoms with Crippen molar-refractivity contribution in [3.05, 3.63) is 39.4 Å². The molecule has 0 heterocycles. The van der Waals surface area contributed by atoms with Crippen molar-refractivity contribution < 1.29 is 14.8 Å². The molecule has 2 N–H and O–H groups in total. The van der Waals surface area contributed by atoms with E-state index in [-0.39, 0.29) is 24.1 Å². The number of nitrogens with zero attached hydrogens (tertiary/aromatic N) is 1. The molecule has 32 heavy (non-hydrogen) atoms. The SMILES string of the molecule is CCCC[PH](CCCC)(CCCC)CCCNC(=O)c1ccc(C(C)CO)c([N+](=O)[O-])c1. The average Bonchev–Trinajstić information content (AvgIpc) is 2.81. The second kappa shape index (κ2) is 15.3. The number of amides is 1. The number of aliphatic hydroxyl groups is 1. The number of unbranched alkanes of at least 4 members (excludes halogenated alkanes) is 3. The van der Waals surface area contributed by atoms with E-state index in [1.165, 1.54) is 69.2 Å². The van der Waals surface area contributed by atoms with E-state index in [1.54, 1.807) is 19.1 Å². The molecule has 0 aliphatic rings. The molecule has 0 bridgehead atoms. The van der Waals surface area contributed by atoms with Gasteiger partial charge < -0.3 is 0 Å². The summed E-state index contributed by atoms with van der Waals surface area (Å²) in [6.07, 6.45) is 14.1. The van der Waals surface area contributed by atoms with E-state index in [4.69, 9.17) is 0 Å². The molecule has 7 heteroatoms. The van der Waals surface area contributed by atoms with Crippen LogP contribution in [0.4, 0.5) is 5.69 Å². The third-order valence-electron chi connectivity index (χ3n) is 6.65. The second-order valence-electron chi connectivity index (χ2n) is 9.28. The Hall–Kier alpha value is -1.52. The fraction of sp³-hybridized carbons (Fsp3) is 0.720. The second-order valence-corrected chi connectivity index (χ2v) is 14.3. The summed E-state index contributed by atoms with van der Waals surface area (Å²) in [6.45, 7) is 8.97. The summed E-state index contributed by atoms with van der Waals surface area (Å²) in [5.41, 5.74) is 0.647. The van der Waals surface area contributed by atoms with Gasteiger partial charge in [0, 0.05) is 0 Å². The summed E-state index contributed by atoms with van der Waals surface area (Å²) in [7, 11) is -1.32. The van der Waals surface area contributed by atoms with Crippen LogP contribution in [0.15, 0.2) is 18.2 Å². The van der Waals surface area contributed by atoms with Crippen LogP contribution < -0.4 is 5.32 Å². The first kappa shape index (κ1) is 28.5. The molecule has 0 radical (unpaired) electrons. The predicted molar refractivity (Wildman–Crippen MR) is 138 cm³/mol. The molecule has 1 atom stereocenters. The molecule has 1 aromatic rings. The van der Waals surface area contributed by atoms with Crippen LogP contribution in [0.5, 0.6) is 0 Å². The van der Waals surface area contributed by atoms with Crippen molar-refractivity contribution in [1.29, 1.82) is 0 Å². The van der Waals surface area contributed by atoms with E-state index in [1.807, 2.05) is 0 Å².